The van der Waals surface area contributed by atoms with Crippen LogP contribution in [-0.2, 0) is 6.42 Å². The van der Waals surface area contributed by atoms with Crippen molar-refractivity contribution in [3.63, 3.8) is 0 Å². The van der Waals surface area contributed by atoms with Gasteiger partial charge < -0.3 is 9.80 Å². The number of nitrogens with zero attached hydrogens (tertiary/aromatic N) is 4. The minimum absolute atomic E-state index is 1.05. The van der Waals surface area contributed by atoms with Crippen LogP contribution in [0.1, 0.15) is 18.2 Å². The molecule has 3 heterocycles. The SMILES string of the molecule is CCc1cc2c(N3CCCN(CCBr)CC3)ncnc2s1. The molecule has 0 amide bonds. The Labute approximate surface area is 138 Å². The topological polar surface area (TPSA) is 32.3 Å². The van der Waals surface area contributed by atoms with Gasteiger partial charge >= 0.3 is 0 Å². The molecule has 0 N–H and O–H groups in total. The van der Waals surface area contributed by atoms with Crippen LogP contribution in [-0.4, -0.2) is 52.9 Å². The lowest BCUT2D eigenvalue weighted by Gasteiger charge is -2.22. The van der Waals surface area contributed by atoms with Gasteiger partial charge in [0.05, 0.1) is 5.39 Å². The number of aryl methyl sites for hydroxylation is 1. The van der Waals surface area contributed by atoms with Gasteiger partial charge in [0.15, 0.2) is 0 Å². The monoisotopic (exact) mass is 368 g/mol. The third kappa shape index (κ3) is 3.38. The average Bonchev–Trinajstić information content (AvgIpc) is 2.80. The average molecular weight is 369 g/mol. The molecule has 1 aliphatic rings. The second kappa shape index (κ2) is 7.03. The van der Waals surface area contributed by atoms with E-state index < -0.39 is 0 Å². The Bertz CT molecular complexity index is 600. The summed E-state index contributed by atoms with van der Waals surface area (Å²) in [5, 5.41) is 2.28. The lowest BCUT2D eigenvalue weighted by Crippen LogP contribution is -2.32. The molecule has 0 saturated carbocycles. The molecule has 2 aromatic heterocycles. The fraction of sp³-hybridized carbons (Fsp3) is 0.600. The normalized spacial score (nSPS) is 17.3. The molecule has 114 valence electrons. The van der Waals surface area contributed by atoms with Crippen LogP contribution in [0.4, 0.5) is 5.82 Å². The summed E-state index contributed by atoms with van der Waals surface area (Å²) in [6, 6.07) is 2.27. The van der Waals surface area contributed by atoms with Gasteiger partial charge in [-0.2, -0.15) is 0 Å². The molecule has 6 heteroatoms. The summed E-state index contributed by atoms with van der Waals surface area (Å²) >= 11 is 5.33. The van der Waals surface area contributed by atoms with Gasteiger partial charge in [-0.15, -0.1) is 11.3 Å². The third-order valence-corrected chi connectivity index (χ3v) is 5.54. The molecule has 3 rings (SSSR count). The van der Waals surface area contributed by atoms with E-state index in [1.165, 1.54) is 23.2 Å². The van der Waals surface area contributed by atoms with E-state index in [-0.39, 0.29) is 0 Å². The smallest absolute Gasteiger partial charge is 0.140 e. The quantitative estimate of drug-likeness (QED) is 0.775. The van der Waals surface area contributed by atoms with Gasteiger partial charge in [0.25, 0.3) is 0 Å². The summed E-state index contributed by atoms with van der Waals surface area (Å²) < 4.78 is 0. The van der Waals surface area contributed by atoms with Crippen molar-refractivity contribution in [3.05, 3.63) is 17.3 Å². The van der Waals surface area contributed by atoms with Crippen molar-refractivity contribution < 1.29 is 0 Å². The molecule has 2 aromatic rings. The highest BCUT2D eigenvalue weighted by atomic mass is 79.9. The van der Waals surface area contributed by atoms with Crippen LogP contribution < -0.4 is 4.90 Å². The Morgan fingerprint density at radius 2 is 2.14 bits per heavy atom. The van der Waals surface area contributed by atoms with Gasteiger partial charge in [0.1, 0.15) is 17.0 Å². The molecule has 1 aliphatic heterocycles. The first-order valence-electron chi connectivity index (χ1n) is 7.58. The molecule has 0 spiro atoms. The molecule has 1 saturated heterocycles. The standard InChI is InChI=1S/C15H21BrN4S/c1-2-12-10-13-14(17-11-18-15(13)21-12)20-6-3-5-19(7-4-16)8-9-20/h10-11H,2-9H2,1H3. The number of halogens is 1. The van der Waals surface area contributed by atoms with Crippen molar-refractivity contribution in [2.75, 3.05) is 43.0 Å². The zero-order valence-electron chi connectivity index (χ0n) is 12.4. The summed E-state index contributed by atoms with van der Waals surface area (Å²) in [7, 11) is 0. The second-order valence-corrected chi connectivity index (χ2v) is 7.26. The second-order valence-electron chi connectivity index (χ2n) is 5.35. The highest BCUT2D eigenvalue weighted by Gasteiger charge is 2.18. The van der Waals surface area contributed by atoms with E-state index in [1.807, 2.05) is 0 Å². The van der Waals surface area contributed by atoms with Crippen LogP contribution in [0.5, 0.6) is 0 Å². The number of hydrogen-bond acceptors (Lipinski definition) is 5. The molecule has 1 fully saturated rings. The lowest BCUT2D eigenvalue weighted by atomic mass is 10.3. The molecule has 0 radical (unpaired) electrons. The summed E-state index contributed by atoms with van der Waals surface area (Å²) in [6.07, 6.45) is 3.98. The summed E-state index contributed by atoms with van der Waals surface area (Å²) in [5.41, 5.74) is 0. The van der Waals surface area contributed by atoms with Gasteiger partial charge in [-0.25, -0.2) is 9.97 Å². The van der Waals surface area contributed by atoms with E-state index in [2.05, 4.69) is 48.7 Å². The Kier molecular flexibility index (Phi) is 5.08. The Balaban J connectivity index is 1.84. The van der Waals surface area contributed by atoms with E-state index in [9.17, 15) is 0 Å². The van der Waals surface area contributed by atoms with Crippen molar-refractivity contribution in [1.29, 1.82) is 0 Å². The minimum atomic E-state index is 1.05. The molecular formula is C15H21BrN4S. The highest BCUT2D eigenvalue weighted by molar-refractivity contribution is 9.09. The van der Waals surface area contributed by atoms with Crippen LogP contribution in [0.2, 0.25) is 0 Å². The Hall–Kier alpha value is -0.720. The molecule has 0 aliphatic carbocycles. The lowest BCUT2D eigenvalue weighted by molar-refractivity contribution is 0.313. The summed E-state index contributed by atoms with van der Waals surface area (Å²) in [5.74, 6) is 1.12. The predicted molar refractivity (Wildman–Crippen MR) is 93.9 cm³/mol. The van der Waals surface area contributed by atoms with E-state index in [0.29, 0.717) is 0 Å². The molecule has 0 bridgehead atoms. The molecule has 4 nitrogen and oxygen atoms in total. The molecule has 21 heavy (non-hydrogen) atoms. The fourth-order valence-corrected chi connectivity index (χ4v) is 4.28. The number of aromatic nitrogens is 2. The van der Waals surface area contributed by atoms with Gasteiger partial charge in [0, 0.05) is 36.4 Å². The summed E-state index contributed by atoms with van der Waals surface area (Å²) in [6.45, 7) is 7.76. The number of rotatable bonds is 4. The number of thiophene rings is 1. The largest absolute Gasteiger partial charge is 0.355 e. The zero-order chi connectivity index (χ0) is 14.7. The van der Waals surface area contributed by atoms with Crippen molar-refractivity contribution in [2.24, 2.45) is 0 Å². The predicted octanol–water partition coefficient (Wildman–Crippen LogP) is 3.16. The van der Waals surface area contributed by atoms with Crippen molar-refractivity contribution in [3.8, 4) is 0 Å². The molecule has 0 aromatic carbocycles. The first kappa shape index (κ1) is 15.2. The van der Waals surface area contributed by atoms with Gasteiger partial charge in [-0.05, 0) is 25.5 Å². The molecule has 0 atom stereocenters. The third-order valence-electron chi connectivity index (χ3n) is 4.00. The minimum Gasteiger partial charge on any atom is -0.355 e. The van der Waals surface area contributed by atoms with Crippen molar-refractivity contribution >= 4 is 43.3 Å². The van der Waals surface area contributed by atoms with E-state index >= 15 is 0 Å². The highest BCUT2D eigenvalue weighted by Crippen LogP contribution is 2.30. The zero-order valence-corrected chi connectivity index (χ0v) is 14.8. The maximum Gasteiger partial charge on any atom is 0.140 e. The van der Waals surface area contributed by atoms with Crippen LogP contribution >= 0.6 is 27.3 Å². The van der Waals surface area contributed by atoms with Gasteiger partial charge in [-0.1, -0.05) is 22.9 Å². The first-order valence-corrected chi connectivity index (χ1v) is 9.52. The molecular weight excluding hydrogens is 348 g/mol. The number of alkyl halides is 1. The maximum atomic E-state index is 4.58. The van der Waals surface area contributed by atoms with Crippen molar-refractivity contribution in [1.82, 2.24) is 14.9 Å². The van der Waals surface area contributed by atoms with E-state index in [0.717, 1.165) is 48.6 Å². The number of anilines is 1. The first-order chi connectivity index (χ1) is 10.3. The summed E-state index contributed by atoms with van der Waals surface area (Å²) in [4.78, 5) is 16.5. The van der Waals surface area contributed by atoms with Crippen molar-refractivity contribution in [2.45, 2.75) is 19.8 Å². The molecule has 0 unspecified atom stereocenters. The van der Waals surface area contributed by atoms with Gasteiger partial charge in [0.2, 0.25) is 0 Å². The maximum absolute atomic E-state index is 4.58. The van der Waals surface area contributed by atoms with Crippen LogP contribution in [0, 0.1) is 0 Å². The number of fused-ring (bicyclic) bond motifs is 1. The Morgan fingerprint density at radius 1 is 1.24 bits per heavy atom. The Morgan fingerprint density at radius 3 is 2.95 bits per heavy atom. The van der Waals surface area contributed by atoms with Gasteiger partial charge in [-0.3, -0.25) is 0 Å². The van der Waals surface area contributed by atoms with E-state index in [1.54, 1.807) is 17.7 Å². The van der Waals surface area contributed by atoms with Crippen LogP contribution in [0.3, 0.4) is 0 Å². The fourth-order valence-electron chi connectivity index (χ4n) is 2.85. The van der Waals surface area contributed by atoms with Crippen LogP contribution in [0.15, 0.2) is 12.4 Å². The number of hydrogen-bond donors (Lipinski definition) is 0. The van der Waals surface area contributed by atoms with E-state index in [4.69, 9.17) is 0 Å². The van der Waals surface area contributed by atoms with Crippen LogP contribution in [0.25, 0.3) is 10.2 Å².